The van der Waals surface area contributed by atoms with Gasteiger partial charge in [0.25, 0.3) is 0 Å². The second-order valence-electron chi connectivity index (χ2n) is 9.92. The van der Waals surface area contributed by atoms with Crippen LogP contribution in [0.15, 0.2) is 24.5 Å². The zero-order valence-corrected chi connectivity index (χ0v) is 34.3. The topological polar surface area (TPSA) is 226 Å². The first-order valence-electron chi connectivity index (χ1n) is 16.5. The van der Waals surface area contributed by atoms with Crippen molar-refractivity contribution in [3.05, 3.63) is 24.5 Å². The smallest absolute Gasteiger partial charge is 0.430 e. The molecule has 18 heteroatoms. The molecule has 0 spiro atoms. The maximum Gasteiger partial charge on any atom is 0.508 e. The standard InChI is InChI=1S/C8H21N3.C7H10N2.C6H15NO.C4H6O3.C3H6O.C2H7NO.CO2.CH5P.HOP/c1-3-5-10-6-8-11(2)7-4-9;1-9(2)7-3-5-8-6-4-7;1-3-7(4-2)5-6-8;1-3-2-6-4(5)7-3;1-3-2-4-3;3-1-2-4;2-1-3;2*1-2/h10H,3-9H2,1-2H3;3-6H,1-2H3;8H,3-6H2,1-2H3;3H,2H2,1H3;3H,2H2,1H3;4H,1-3H2;;2H2,1H3;2H. The van der Waals surface area contributed by atoms with Gasteiger partial charge in [-0.25, -0.2) is 4.79 Å². The molecule has 0 aliphatic carbocycles. The van der Waals surface area contributed by atoms with E-state index in [9.17, 15) is 4.79 Å². The van der Waals surface area contributed by atoms with E-state index in [1.54, 1.807) is 28.4 Å². The summed E-state index contributed by atoms with van der Waals surface area (Å²) >= 11 is 0. The third-order valence-electron chi connectivity index (χ3n) is 5.46. The Morgan fingerprint density at radius 1 is 0.920 bits per heavy atom. The molecule has 3 rings (SSSR count). The van der Waals surface area contributed by atoms with E-state index in [1.165, 1.54) is 12.1 Å². The Balaban J connectivity index is -0.000000115. The largest absolute Gasteiger partial charge is 0.508 e. The van der Waals surface area contributed by atoms with Gasteiger partial charge in [0, 0.05) is 71.4 Å². The Morgan fingerprint density at radius 3 is 1.62 bits per heavy atom. The molecule has 50 heavy (non-hydrogen) atoms. The summed E-state index contributed by atoms with van der Waals surface area (Å²) in [7, 11) is 10.3. The number of rotatable bonds is 13. The van der Waals surface area contributed by atoms with E-state index in [4.69, 9.17) is 40.6 Å². The first kappa shape index (κ1) is 59.9. The van der Waals surface area contributed by atoms with Crippen molar-refractivity contribution in [2.45, 2.75) is 53.2 Å². The molecule has 298 valence electrons. The van der Waals surface area contributed by atoms with E-state index < -0.39 is 6.16 Å². The van der Waals surface area contributed by atoms with Crippen LogP contribution in [0.4, 0.5) is 10.5 Å². The molecule has 2 aliphatic rings. The molecule has 2 aliphatic heterocycles. The Labute approximate surface area is 306 Å². The van der Waals surface area contributed by atoms with Crippen molar-refractivity contribution >= 4 is 36.4 Å². The summed E-state index contributed by atoms with van der Waals surface area (Å²) in [4.78, 5) is 36.6. The van der Waals surface area contributed by atoms with Crippen LogP contribution >= 0.6 is 18.4 Å². The van der Waals surface area contributed by atoms with E-state index >= 15 is 0 Å². The molecule has 7 N–H and O–H groups in total. The van der Waals surface area contributed by atoms with Gasteiger partial charge in [0.05, 0.1) is 25.9 Å². The normalized spacial score (nSPS) is 14.0. The zero-order valence-electron chi connectivity index (χ0n) is 32.1. The van der Waals surface area contributed by atoms with Crippen molar-refractivity contribution < 1.29 is 43.4 Å². The van der Waals surface area contributed by atoms with Crippen LogP contribution in [0, 0.1) is 0 Å². The fourth-order valence-corrected chi connectivity index (χ4v) is 2.74. The predicted octanol–water partition coefficient (Wildman–Crippen LogP) is 1.61. The minimum atomic E-state index is -0.549. The highest BCUT2D eigenvalue weighted by Gasteiger charge is 2.19. The highest BCUT2D eigenvalue weighted by Crippen LogP contribution is 2.06. The number of anilines is 1. The molecular weight excluding hydrogens is 688 g/mol. The van der Waals surface area contributed by atoms with E-state index in [0.717, 1.165) is 59.0 Å². The van der Waals surface area contributed by atoms with Gasteiger partial charge in [-0.3, -0.25) is 9.55 Å². The number of hydrogen-bond acceptors (Lipinski definition) is 16. The fraction of sp³-hybridized carbons (Fsp3) is 0.781. The monoisotopic (exact) mass is 759 g/mol. The van der Waals surface area contributed by atoms with Crippen LogP contribution in [-0.4, -0.2) is 163 Å². The number of nitrogens with one attached hydrogen (secondary N) is 1. The Kier molecular flexibility index (Phi) is 64.2. The van der Waals surface area contributed by atoms with Crippen molar-refractivity contribution in [3.63, 3.8) is 0 Å². The van der Waals surface area contributed by atoms with Crippen molar-refractivity contribution in [1.82, 2.24) is 20.1 Å². The first-order valence-corrected chi connectivity index (χ1v) is 18.1. The minimum absolute atomic E-state index is 0.0486. The molecular formula is C32H71N7O9P2. The number of aliphatic hydroxyl groups excluding tert-OH is 2. The summed E-state index contributed by atoms with van der Waals surface area (Å²) in [6, 6.07) is 3.94. The molecule has 3 unspecified atom stereocenters. The summed E-state index contributed by atoms with van der Waals surface area (Å²) < 4.78 is 21.7. The highest BCUT2D eigenvalue weighted by atomic mass is 31.0. The van der Waals surface area contributed by atoms with Crippen LogP contribution in [0.2, 0.25) is 0 Å². The van der Waals surface area contributed by atoms with Crippen LogP contribution in [0.5, 0.6) is 0 Å². The number of epoxide rings is 1. The third-order valence-corrected chi connectivity index (χ3v) is 5.46. The van der Waals surface area contributed by atoms with Gasteiger partial charge in [0.1, 0.15) is 21.8 Å². The molecule has 16 nitrogen and oxygen atoms in total. The van der Waals surface area contributed by atoms with E-state index in [-0.39, 0.29) is 25.5 Å². The van der Waals surface area contributed by atoms with Crippen molar-refractivity contribution in [1.29, 1.82) is 0 Å². The quantitative estimate of drug-likeness (QED) is 0.0833. The van der Waals surface area contributed by atoms with Crippen LogP contribution in [0.25, 0.3) is 0 Å². The Hall–Kier alpha value is -2.19. The number of ether oxygens (including phenoxy) is 3. The lowest BCUT2D eigenvalue weighted by Gasteiger charge is -2.15. The number of aromatic nitrogens is 1. The number of pyridine rings is 1. The van der Waals surface area contributed by atoms with Crippen LogP contribution in [-0.2, 0) is 28.4 Å². The Morgan fingerprint density at radius 2 is 1.40 bits per heavy atom. The van der Waals surface area contributed by atoms with Gasteiger partial charge >= 0.3 is 12.3 Å². The van der Waals surface area contributed by atoms with E-state index in [1.807, 2.05) is 37.8 Å². The molecule has 0 bridgehead atoms. The summed E-state index contributed by atoms with van der Waals surface area (Å²) in [5, 5.41) is 19.5. The van der Waals surface area contributed by atoms with Crippen molar-refractivity contribution in [2.75, 3.05) is 118 Å². The number of aliphatic hydroxyl groups is 2. The van der Waals surface area contributed by atoms with Crippen molar-refractivity contribution in [3.8, 4) is 0 Å². The van der Waals surface area contributed by atoms with Gasteiger partial charge in [-0.05, 0) is 59.1 Å². The van der Waals surface area contributed by atoms with Crippen LogP contribution in [0.3, 0.4) is 0 Å². The summed E-state index contributed by atoms with van der Waals surface area (Å²) in [5.74, 6) is 0. The molecule has 0 aromatic carbocycles. The van der Waals surface area contributed by atoms with E-state index in [0.29, 0.717) is 19.3 Å². The molecule has 1 aromatic heterocycles. The highest BCUT2D eigenvalue weighted by molar-refractivity contribution is 7.15. The lowest BCUT2D eigenvalue weighted by molar-refractivity contribution is -0.191. The van der Waals surface area contributed by atoms with Crippen LogP contribution in [0.1, 0.15) is 41.0 Å². The zero-order chi connectivity index (χ0) is 40.0. The number of hydrogen-bond donors (Lipinski definition) is 5. The summed E-state index contributed by atoms with van der Waals surface area (Å²) in [6.07, 6.45) is 5.02. The lowest BCUT2D eigenvalue weighted by atomic mass is 10.4. The maximum atomic E-state index is 10.0. The molecule has 0 amide bonds. The number of nitrogens with zero attached hydrogens (tertiary/aromatic N) is 4. The van der Waals surface area contributed by atoms with Gasteiger partial charge in [-0.1, -0.05) is 27.4 Å². The molecule has 2 fully saturated rings. The minimum Gasteiger partial charge on any atom is -0.430 e. The van der Waals surface area contributed by atoms with E-state index in [2.05, 4.69) is 73.6 Å². The second kappa shape index (κ2) is 53.6. The number of nitrogens with two attached hydrogens (primary N) is 2. The van der Waals surface area contributed by atoms with Crippen LogP contribution < -0.4 is 21.7 Å². The third kappa shape index (κ3) is 61.1. The second-order valence-corrected chi connectivity index (χ2v) is 9.92. The Bertz CT molecular complexity index is 797. The molecule has 1 aromatic rings. The average Bonchev–Trinajstić information content (AvgIpc) is 3.83. The van der Waals surface area contributed by atoms with Crippen molar-refractivity contribution in [2.24, 2.45) is 11.5 Å². The number of cyclic esters (lactones) is 2. The SMILES string of the molecule is CC1CO1.CC1COC(=O)O1.CCCNCCN(C)CCN.CCN(CC)CCO.CN(C)c1ccncc1.CP.NCCO.O=C=O.O=P. The molecule has 3 atom stereocenters. The number of likely N-dealkylation sites (N-methyl/N-ethyl adjacent to an activating group) is 2. The predicted molar refractivity (Wildman–Crippen MR) is 206 cm³/mol. The molecule has 3 heterocycles. The lowest BCUT2D eigenvalue weighted by Crippen LogP contribution is -2.32. The molecule has 0 radical (unpaired) electrons. The first-order chi connectivity index (χ1) is 24.0. The summed E-state index contributed by atoms with van der Waals surface area (Å²) in [6.45, 7) is 22.2. The molecule has 0 saturated carbocycles. The average molecular weight is 760 g/mol. The molecule has 2 saturated heterocycles. The van der Waals surface area contributed by atoms with Gasteiger partial charge in [-0.2, -0.15) is 9.59 Å². The van der Waals surface area contributed by atoms with Gasteiger partial charge in [-0.15, -0.1) is 9.24 Å². The number of carbonyl (C=O) groups excluding carboxylic acids is 3. The number of carbonyl (C=O) groups is 1. The fourth-order valence-electron chi connectivity index (χ4n) is 2.74. The van der Waals surface area contributed by atoms with Gasteiger partial charge in [0.2, 0.25) is 0 Å². The van der Waals surface area contributed by atoms with Gasteiger partial charge < -0.3 is 55.9 Å². The summed E-state index contributed by atoms with van der Waals surface area (Å²) in [5.41, 5.74) is 11.4. The van der Waals surface area contributed by atoms with Gasteiger partial charge in [0.15, 0.2) is 0 Å². The maximum absolute atomic E-state index is 10.0.